The Morgan fingerprint density at radius 3 is 1.40 bits per heavy atom. The number of aliphatic hydroxyl groups is 1. The zero-order chi connectivity index (χ0) is 36.8. The molecule has 0 aromatic rings. The summed E-state index contributed by atoms with van der Waals surface area (Å²) in [4.78, 5) is 23.3. The molecule has 1 unspecified atom stereocenters. The van der Waals surface area contributed by atoms with E-state index in [2.05, 4.69) is 13.8 Å². The fourth-order valence-electron chi connectivity index (χ4n) is 6.11. The Morgan fingerprint density at radius 1 is 0.580 bits per heavy atom. The van der Waals surface area contributed by atoms with E-state index < -0.39 is 16.8 Å². The molecule has 8 heteroatoms. The molecule has 0 aliphatic carbocycles. The Morgan fingerprint density at radius 2 is 0.980 bits per heavy atom. The third kappa shape index (κ3) is 36.1. The molecule has 6 nitrogen and oxygen atoms in total. The minimum absolute atomic E-state index is 0.148. The first-order valence-corrected chi connectivity index (χ1v) is 22.5. The summed E-state index contributed by atoms with van der Waals surface area (Å²) >= 11 is 6.60. The average Bonchev–Trinajstić information content (AvgIpc) is 3.10. The molecule has 0 heterocycles. The summed E-state index contributed by atoms with van der Waals surface area (Å²) in [5, 5.41) is 9.75. The van der Waals surface area contributed by atoms with Crippen molar-refractivity contribution in [1.82, 2.24) is 0 Å². The quantitative estimate of drug-likeness (QED) is 0.0219. The lowest BCUT2D eigenvalue weighted by atomic mass is 10.0. The fourth-order valence-corrected chi connectivity index (χ4v) is 7.58. The molecule has 298 valence electrons. The summed E-state index contributed by atoms with van der Waals surface area (Å²) in [6.07, 6.45) is 37.3. The molecule has 0 radical (unpaired) electrons. The predicted molar refractivity (Wildman–Crippen MR) is 219 cm³/mol. The Balaban J connectivity index is 3.68. The Bertz CT molecular complexity index is 735. The number of carbonyl (C=O) groups is 1. The molecular weight excluding hydrogens is 665 g/mol. The number of thiocarbonyl (C=S) groups is 1. The normalized spacial score (nSPS) is 12.4. The van der Waals surface area contributed by atoms with Crippen LogP contribution in [0.2, 0.25) is 0 Å². The van der Waals surface area contributed by atoms with Crippen LogP contribution in [0.4, 0.5) is 0 Å². The van der Waals surface area contributed by atoms with E-state index in [1.807, 2.05) is 13.8 Å². The summed E-state index contributed by atoms with van der Waals surface area (Å²) in [5.41, 5.74) is 0. The molecule has 0 bridgehead atoms. The average molecular weight is 747 g/mol. The summed E-state index contributed by atoms with van der Waals surface area (Å²) in [6.45, 7) is 10.2. The third-order valence-electron chi connectivity index (χ3n) is 9.34. The van der Waals surface area contributed by atoms with Gasteiger partial charge in [-0.2, -0.15) is 0 Å². The summed E-state index contributed by atoms with van der Waals surface area (Å²) in [7, 11) is 0. The maximum atomic E-state index is 12.6. The van der Waals surface area contributed by atoms with Crippen molar-refractivity contribution < 1.29 is 29.1 Å². The molecule has 1 atom stereocenters. The second-order valence-corrected chi connectivity index (χ2v) is 17.4. The molecule has 0 aromatic carbocycles. The van der Waals surface area contributed by atoms with Crippen molar-refractivity contribution in [2.24, 2.45) is 0 Å². The Labute approximate surface area is 320 Å². The van der Waals surface area contributed by atoms with Crippen LogP contribution >= 0.6 is 24.0 Å². The van der Waals surface area contributed by atoms with Crippen LogP contribution in [0.3, 0.4) is 0 Å². The lowest BCUT2D eigenvalue weighted by Crippen LogP contribution is -2.30. The van der Waals surface area contributed by atoms with Gasteiger partial charge in [-0.1, -0.05) is 205 Å². The van der Waals surface area contributed by atoms with Crippen LogP contribution in [-0.2, 0) is 24.0 Å². The number of unbranched alkanes of at least 4 members (excludes halogenated alkanes) is 26. The monoisotopic (exact) mass is 747 g/mol. The van der Waals surface area contributed by atoms with E-state index in [1.165, 1.54) is 172 Å². The molecule has 0 spiro atoms. The van der Waals surface area contributed by atoms with Crippen molar-refractivity contribution in [3.05, 3.63) is 0 Å². The number of rotatable bonds is 39. The highest BCUT2D eigenvalue weighted by Gasteiger charge is 2.27. The first-order valence-electron chi connectivity index (χ1n) is 21.2. The van der Waals surface area contributed by atoms with Crippen molar-refractivity contribution in [3.8, 4) is 0 Å². The SMILES string of the molecule is CCCCCCCCCCCCCCCCOCCOOCC(C)(C)SC(=S)C(=O)OC(CO)CCCCCCCCCCCCCCCC. The van der Waals surface area contributed by atoms with E-state index in [4.69, 9.17) is 31.5 Å². The molecule has 0 aliphatic rings. The van der Waals surface area contributed by atoms with Crippen LogP contribution in [-0.4, -0.2) is 59.2 Å². The molecule has 0 aliphatic heterocycles. The summed E-state index contributed by atoms with van der Waals surface area (Å²) in [6, 6.07) is 0. The van der Waals surface area contributed by atoms with Crippen molar-refractivity contribution in [2.75, 3.05) is 33.0 Å². The molecule has 1 N–H and O–H groups in total. The lowest BCUT2D eigenvalue weighted by Gasteiger charge is -2.23. The summed E-state index contributed by atoms with van der Waals surface area (Å²) in [5.74, 6) is -0.541. The molecule has 0 fully saturated rings. The third-order valence-corrected chi connectivity index (χ3v) is 10.8. The Kier molecular flexibility index (Phi) is 38.3. The van der Waals surface area contributed by atoms with Gasteiger partial charge in [0.1, 0.15) is 12.7 Å². The van der Waals surface area contributed by atoms with Crippen molar-refractivity contribution in [1.29, 1.82) is 0 Å². The molecule has 0 amide bonds. The van der Waals surface area contributed by atoms with Crippen LogP contribution in [0.5, 0.6) is 0 Å². The number of hydrogen-bond donors (Lipinski definition) is 1. The van der Waals surface area contributed by atoms with Crippen LogP contribution in [0, 0.1) is 0 Å². The molecule has 0 saturated carbocycles. The first-order chi connectivity index (χ1) is 24.4. The number of thioether (sulfide) groups is 1. The van der Waals surface area contributed by atoms with Gasteiger partial charge in [0, 0.05) is 11.4 Å². The van der Waals surface area contributed by atoms with Crippen molar-refractivity contribution >= 4 is 34.1 Å². The number of hydrogen-bond acceptors (Lipinski definition) is 8. The van der Waals surface area contributed by atoms with Gasteiger partial charge in [-0.15, -0.1) is 0 Å². The van der Waals surface area contributed by atoms with Crippen LogP contribution < -0.4 is 0 Å². The molecular formula is C42H82O6S2. The van der Waals surface area contributed by atoms with Crippen molar-refractivity contribution in [2.45, 2.75) is 225 Å². The largest absolute Gasteiger partial charge is 0.455 e. The van der Waals surface area contributed by atoms with E-state index in [1.54, 1.807) is 0 Å². The van der Waals surface area contributed by atoms with E-state index >= 15 is 0 Å². The predicted octanol–water partition coefficient (Wildman–Crippen LogP) is 13.0. The highest BCUT2D eigenvalue weighted by atomic mass is 32.2. The Hall–Kier alpha value is -0.250. The van der Waals surface area contributed by atoms with Crippen molar-refractivity contribution in [3.63, 3.8) is 0 Å². The van der Waals surface area contributed by atoms with Gasteiger partial charge in [0.05, 0.1) is 19.8 Å². The smallest absolute Gasteiger partial charge is 0.356 e. The number of aliphatic hydroxyl groups excluding tert-OH is 1. The van der Waals surface area contributed by atoms with E-state index in [0.29, 0.717) is 19.6 Å². The topological polar surface area (TPSA) is 74.2 Å². The maximum absolute atomic E-state index is 12.6. The summed E-state index contributed by atoms with van der Waals surface area (Å²) < 4.78 is 10.9. The molecule has 0 aromatic heterocycles. The first kappa shape index (κ1) is 49.8. The number of esters is 1. The molecule has 50 heavy (non-hydrogen) atoms. The van der Waals surface area contributed by atoms with Gasteiger partial charge in [0.15, 0.2) is 4.20 Å². The van der Waals surface area contributed by atoms with Crippen LogP contribution in [0.25, 0.3) is 0 Å². The highest BCUT2D eigenvalue weighted by Crippen LogP contribution is 2.27. The lowest BCUT2D eigenvalue weighted by molar-refractivity contribution is -0.301. The zero-order valence-corrected chi connectivity index (χ0v) is 35.1. The highest BCUT2D eigenvalue weighted by molar-refractivity contribution is 8.26. The molecule has 0 rings (SSSR count). The van der Waals surface area contributed by atoms with Crippen LogP contribution in [0.15, 0.2) is 0 Å². The minimum atomic E-state index is -0.541. The zero-order valence-electron chi connectivity index (χ0n) is 33.4. The maximum Gasteiger partial charge on any atom is 0.356 e. The second-order valence-electron chi connectivity index (χ2n) is 15.0. The van der Waals surface area contributed by atoms with E-state index in [-0.39, 0.29) is 17.4 Å². The standard InChI is InChI=1S/C42H82O6S2/c1-5-7-9-11-13-15-17-19-21-23-25-27-29-31-33-39(37-43)48-40(44)41(49)50-42(3,4)38-47-46-36-35-45-34-32-30-28-26-24-22-20-18-16-14-12-10-8-6-2/h39,43H,5-38H2,1-4H3. The van der Waals surface area contributed by atoms with Crippen LogP contribution in [0.1, 0.15) is 214 Å². The van der Waals surface area contributed by atoms with Gasteiger partial charge in [0.2, 0.25) is 0 Å². The van der Waals surface area contributed by atoms with Gasteiger partial charge < -0.3 is 14.6 Å². The van der Waals surface area contributed by atoms with Gasteiger partial charge >= 0.3 is 5.97 Å². The minimum Gasteiger partial charge on any atom is -0.455 e. The number of carbonyl (C=O) groups excluding carboxylic acids is 1. The van der Waals surface area contributed by atoms with Gasteiger partial charge in [-0.05, 0) is 33.1 Å². The van der Waals surface area contributed by atoms with Gasteiger partial charge in [0.25, 0.3) is 0 Å². The van der Waals surface area contributed by atoms with Gasteiger partial charge in [-0.3, -0.25) is 0 Å². The fraction of sp³-hybridized carbons (Fsp3) is 0.952. The van der Waals surface area contributed by atoms with E-state index in [0.717, 1.165) is 25.9 Å². The molecule has 0 saturated heterocycles. The number of ether oxygens (including phenoxy) is 2. The second kappa shape index (κ2) is 38.5. The van der Waals surface area contributed by atoms with E-state index in [9.17, 15) is 9.90 Å². The van der Waals surface area contributed by atoms with Gasteiger partial charge in [-0.25, -0.2) is 14.6 Å².